The van der Waals surface area contributed by atoms with Crippen LogP contribution in [-0.2, 0) is 0 Å². The Kier molecular flexibility index (Phi) is 15.2. The van der Waals surface area contributed by atoms with Gasteiger partial charge in [-0.3, -0.25) is 0 Å². The fourth-order valence-corrected chi connectivity index (χ4v) is 16.5. The van der Waals surface area contributed by atoms with Gasteiger partial charge in [0, 0.05) is 103 Å². The van der Waals surface area contributed by atoms with E-state index < -0.39 is 0 Å². The van der Waals surface area contributed by atoms with Crippen molar-refractivity contribution in [2.24, 2.45) is 0 Å². The number of thiophene rings is 1. The van der Waals surface area contributed by atoms with Crippen LogP contribution in [0.25, 0.3) is 199 Å². The average Bonchev–Trinajstić information content (AvgIpc) is 1.57. The third-order valence-electron chi connectivity index (χ3n) is 20.1. The summed E-state index contributed by atoms with van der Waals surface area (Å²) in [6, 6.07) is 127. The fourth-order valence-electron chi connectivity index (χ4n) is 15.1. The summed E-state index contributed by atoms with van der Waals surface area (Å²) in [5.41, 5.74) is 21.4. The minimum Gasteiger partial charge on any atom is -0.455 e. The molecule has 0 unspecified atom stereocenters. The normalized spacial score (nSPS) is 11.6. The molecular formula is C96H60N8OS. The highest BCUT2D eigenvalue weighted by atomic mass is 32.1. The molecule has 15 aromatic carbocycles. The minimum atomic E-state index is 0.635. The molecule has 496 valence electrons. The predicted molar refractivity (Wildman–Crippen MR) is 437 cm³/mol. The van der Waals surface area contributed by atoms with Gasteiger partial charge in [0.15, 0.2) is 34.9 Å². The maximum atomic E-state index is 6.41. The van der Waals surface area contributed by atoms with Crippen LogP contribution in [0.1, 0.15) is 0 Å². The number of para-hydroxylation sites is 4. The van der Waals surface area contributed by atoms with E-state index in [1.807, 2.05) is 145 Å². The first-order valence-corrected chi connectivity index (χ1v) is 36.3. The van der Waals surface area contributed by atoms with Crippen molar-refractivity contribution in [3.05, 3.63) is 364 Å². The van der Waals surface area contributed by atoms with Gasteiger partial charge in [0.2, 0.25) is 0 Å². The zero-order chi connectivity index (χ0) is 70.0. The third kappa shape index (κ3) is 10.9. The van der Waals surface area contributed by atoms with Crippen molar-refractivity contribution >= 4 is 97.1 Å². The van der Waals surface area contributed by atoms with Crippen LogP contribution < -0.4 is 0 Å². The van der Waals surface area contributed by atoms with Crippen LogP contribution in [-0.4, -0.2) is 39.0 Å². The lowest BCUT2D eigenvalue weighted by molar-refractivity contribution is 0.670. The zero-order valence-corrected chi connectivity index (χ0v) is 57.9. The van der Waals surface area contributed by atoms with Crippen LogP contribution in [0.2, 0.25) is 0 Å². The number of furan rings is 1. The van der Waals surface area contributed by atoms with E-state index in [-0.39, 0.29) is 0 Å². The SMILES string of the molecule is c1ccc(-c2nc(-c3ccccc3)nc(-c3ccc(-n4c5ccccc5c5cc(-c6cccc7c6oc6ccccc67)ccc54)cc3)n2)cc1.c1ccc(-c2nc(-c3ccccc3)nc(-c3ccc(-n4c5ccccc5c5cc(-c6cccc7c6sc6c(-c8ccccc8)cccc67)ccc54)cc3)n2)cc1. The van der Waals surface area contributed by atoms with Crippen LogP contribution in [0.4, 0.5) is 0 Å². The smallest absolute Gasteiger partial charge is 0.164 e. The van der Waals surface area contributed by atoms with E-state index in [1.165, 1.54) is 64.0 Å². The first kappa shape index (κ1) is 61.8. The van der Waals surface area contributed by atoms with Gasteiger partial charge in [-0.15, -0.1) is 11.3 Å². The number of fused-ring (bicyclic) bond motifs is 12. The first-order chi connectivity index (χ1) is 52.5. The third-order valence-corrected chi connectivity index (χ3v) is 21.4. The molecule has 0 bridgehead atoms. The maximum absolute atomic E-state index is 6.41. The molecule has 0 saturated carbocycles. The standard InChI is InChI=1S/C51H32N4S.C45H28N4O/c1-4-14-33(15-5-1)39-21-12-23-42-43-24-13-22-40(48(43)56-47(39)42)37-28-31-46-44(32-37)41-20-10-11-25-45(41)55(46)38-29-26-36(27-30-38)51-53-49(34-16-6-2-7-17-34)52-50(54-51)35-18-8-3-9-19-35;1-3-12-29(13-4-1)43-46-44(30-14-5-2-6-15-30)48-45(47-43)31-22-25-33(26-23-31)49-39-20-9-7-16-35(39)38-28-32(24-27-40(38)49)34-18-11-19-37-36-17-8-10-21-41(36)50-42(34)37/h1-32H;1-28H. The van der Waals surface area contributed by atoms with E-state index in [4.69, 9.17) is 34.3 Å². The topological polar surface area (TPSA) is 100 Å². The lowest BCUT2D eigenvalue weighted by atomic mass is 9.99. The number of hydrogen-bond acceptors (Lipinski definition) is 8. The molecule has 0 saturated heterocycles. The van der Waals surface area contributed by atoms with Crippen molar-refractivity contribution < 1.29 is 4.42 Å². The number of nitrogens with zero attached hydrogens (tertiary/aromatic N) is 8. The summed E-state index contributed by atoms with van der Waals surface area (Å²) in [6.45, 7) is 0. The summed E-state index contributed by atoms with van der Waals surface area (Å²) < 4.78 is 13.7. The molecule has 0 amide bonds. The summed E-state index contributed by atoms with van der Waals surface area (Å²) in [4.78, 5) is 29.5. The molecule has 0 atom stereocenters. The molecule has 0 aliphatic heterocycles. The highest BCUT2D eigenvalue weighted by Gasteiger charge is 2.22. The average molecular weight is 1370 g/mol. The summed E-state index contributed by atoms with van der Waals surface area (Å²) >= 11 is 1.89. The molecule has 0 aliphatic carbocycles. The van der Waals surface area contributed by atoms with Crippen LogP contribution in [0, 0.1) is 0 Å². The molecule has 21 rings (SSSR count). The molecule has 106 heavy (non-hydrogen) atoms. The van der Waals surface area contributed by atoms with Crippen LogP contribution in [0.5, 0.6) is 0 Å². The van der Waals surface area contributed by atoms with Gasteiger partial charge in [-0.2, -0.15) is 0 Å². The number of hydrogen-bond donors (Lipinski definition) is 0. The molecule has 0 radical (unpaired) electrons. The van der Waals surface area contributed by atoms with E-state index in [1.54, 1.807) is 0 Å². The van der Waals surface area contributed by atoms with E-state index in [2.05, 4.69) is 240 Å². The molecule has 6 heterocycles. The Bertz CT molecular complexity index is 6800. The second-order valence-electron chi connectivity index (χ2n) is 26.5. The molecule has 0 aliphatic rings. The highest BCUT2D eigenvalue weighted by molar-refractivity contribution is 7.26. The largest absolute Gasteiger partial charge is 0.455 e. The van der Waals surface area contributed by atoms with E-state index >= 15 is 0 Å². The molecule has 0 spiro atoms. The zero-order valence-electron chi connectivity index (χ0n) is 57.0. The lowest BCUT2D eigenvalue weighted by Gasteiger charge is -2.11. The van der Waals surface area contributed by atoms with Crippen LogP contribution in [0.3, 0.4) is 0 Å². The maximum Gasteiger partial charge on any atom is 0.164 e. The molecule has 0 fully saturated rings. The van der Waals surface area contributed by atoms with Crippen molar-refractivity contribution in [1.82, 2.24) is 39.0 Å². The highest BCUT2D eigenvalue weighted by Crippen LogP contribution is 2.46. The second-order valence-corrected chi connectivity index (χ2v) is 27.5. The van der Waals surface area contributed by atoms with Gasteiger partial charge in [-0.25, -0.2) is 29.9 Å². The van der Waals surface area contributed by atoms with Gasteiger partial charge in [0.25, 0.3) is 0 Å². The first-order valence-electron chi connectivity index (χ1n) is 35.5. The Balaban J connectivity index is 0.000000141. The minimum absolute atomic E-state index is 0.635. The monoisotopic (exact) mass is 1370 g/mol. The molecule has 21 aromatic rings. The predicted octanol–water partition coefficient (Wildman–Crippen LogP) is 25.2. The molecule has 6 aromatic heterocycles. The Morgan fingerprint density at radius 3 is 0.934 bits per heavy atom. The fraction of sp³-hybridized carbons (Fsp3) is 0. The van der Waals surface area contributed by atoms with E-state index in [0.717, 1.165) is 99.9 Å². The second kappa shape index (κ2) is 26.1. The molecule has 0 N–H and O–H groups in total. The Hall–Kier alpha value is -14.1. The molecule has 9 nitrogen and oxygen atoms in total. The van der Waals surface area contributed by atoms with Crippen LogP contribution in [0.15, 0.2) is 368 Å². The van der Waals surface area contributed by atoms with Gasteiger partial charge in [0.1, 0.15) is 11.2 Å². The summed E-state index contributed by atoms with van der Waals surface area (Å²) in [7, 11) is 0. The van der Waals surface area contributed by atoms with Gasteiger partial charge < -0.3 is 13.6 Å². The number of rotatable bonds is 11. The number of benzene rings is 15. The van der Waals surface area contributed by atoms with E-state index in [0.29, 0.717) is 34.9 Å². The Morgan fingerprint density at radius 1 is 0.208 bits per heavy atom. The van der Waals surface area contributed by atoms with Crippen molar-refractivity contribution in [2.75, 3.05) is 0 Å². The van der Waals surface area contributed by atoms with Gasteiger partial charge in [0.05, 0.1) is 22.1 Å². The molecular weight excluding hydrogens is 1310 g/mol. The van der Waals surface area contributed by atoms with E-state index in [9.17, 15) is 0 Å². The summed E-state index contributed by atoms with van der Waals surface area (Å²) in [6.07, 6.45) is 0. The summed E-state index contributed by atoms with van der Waals surface area (Å²) in [5.74, 6) is 3.88. The Morgan fingerprint density at radius 2 is 0.509 bits per heavy atom. The summed E-state index contributed by atoms with van der Waals surface area (Å²) in [5, 5.41) is 9.70. The van der Waals surface area contributed by atoms with Gasteiger partial charge >= 0.3 is 0 Å². The van der Waals surface area contributed by atoms with Gasteiger partial charge in [-0.05, 0) is 119 Å². The van der Waals surface area contributed by atoms with Gasteiger partial charge in [-0.1, -0.05) is 273 Å². The van der Waals surface area contributed by atoms with Crippen molar-refractivity contribution in [3.63, 3.8) is 0 Å². The Labute approximate surface area is 613 Å². The quantitative estimate of drug-likeness (QED) is 0.127. The number of aromatic nitrogens is 8. The van der Waals surface area contributed by atoms with Crippen LogP contribution >= 0.6 is 11.3 Å². The molecule has 10 heteroatoms. The van der Waals surface area contributed by atoms with Crippen molar-refractivity contribution in [2.45, 2.75) is 0 Å². The lowest BCUT2D eigenvalue weighted by Crippen LogP contribution is -2.00. The van der Waals surface area contributed by atoms with Crippen molar-refractivity contribution in [3.8, 4) is 113 Å². The van der Waals surface area contributed by atoms with Crippen molar-refractivity contribution in [1.29, 1.82) is 0 Å².